The van der Waals surface area contributed by atoms with Crippen molar-refractivity contribution in [3.63, 3.8) is 0 Å². The number of aryl methyl sites for hydroxylation is 1. The molecule has 0 bridgehead atoms. The summed E-state index contributed by atoms with van der Waals surface area (Å²) in [5.41, 5.74) is 1.36. The van der Waals surface area contributed by atoms with Crippen LogP contribution in [-0.4, -0.2) is 20.2 Å². The van der Waals surface area contributed by atoms with Crippen molar-refractivity contribution >= 4 is 14.1 Å². The SMILES string of the molecule is CC(=O)CC[C@H](C)[C@H](CCc1ccccc1)O[Si](C)(C)C(C)(C)C. The fraction of sp³-hybridized carbons (Fsp3) is 0.667. The molecule has 3 heteroatoms. The minimum Gasteiger partial charge on any atom is -0.414 e. The smallest absolute Gasteiger partial charge is 0.192 e. The van der Waals surface area contributed by atoms with E-state index in [1.54, 1.807) is 6.92 Å². The van der Waals surface area contributed by atoms with Crippen LogP contribution in [0.4, 0.5) is 0 Å². The third kappa shape index (κ3) is 6.90. The number of rotatable bonds is 9. The van der Waals surface area contributed by atoms with Crippen molar-refractivity contribution in [2.75, 3.05) is 0 Å². The van der Waals surface area contributed by atoms with E-state index in [-0.39, 0.29) is 16.9 Å². The van der Waals surface area contributed by atoms with E-state index in [1.165, 1.54) is 5.56 Å². The summed E-state index contributed by atoms with van der Waals surface area (Å²) in [6, 6.07) is 10.6. The van der Waals surface area contributed by atoms with Crippen molar-refractivity contribution in [3.05, 3.63) is 35.9 Å². The first kappa shape index (κ1) is 21.1. The van der Waals surface area contributed by atoms with E-state index in [1.807, 2.05) is 0 Å². The predicted octanol–water partition coefficient (Wildman–Crippen LogP) is 6.01. The lowest BCUT2D eigenvalue weighted by Crippen LogP contribution is -2.45. The molecule has 2 atom stereocenters. The van der Waals surface area contributed by atoms with E-state index in [0.717, 1.165) is 19.3 Å². The molecule has 0 fully saturated rings. The molecule has 1 aromatic rings. The molecule has 0 aromatic heterocycles. The molecule has 0 spiro atoms. The zero-order chi connectivity index (χ0) is 18.4. The monoisotopic (exact) mass is 348 g/mol. The summed E-state index contributed by atoms with van der Waals surface area (Å²) >= 11 is 0. The standard InChI is InChI=1S/C21H36O2Si/c1-17(13-14-18(2)22)20(23-24(6,7)21(3,4)5)16-15-19-11-9-8-10-12-19/h8-12,17,20H,13-16H2,1-7H3/t17-,20-/m0/s1. The van der Waals surface area contributed by atoms with Gasteiger partial charge in [0.15, 0.2) is 8.32 Å². The van der Waals surface area contributed by atoms with Gasteiger partial charge in [-0.25, -0.2) is 0 Å². The molecule has 2 nitrogen and oxygen atoms in total. The van der Waals surface area contributed by atoms with Gasteiger partial charge in [0.1, 0.15) is 5.78 Å². The van der Waals surface area contributed by atoms with E-state index in [9.17, 15) is 4.79 Å². The highest BCUT2D eigenvalue weighted by Crippen LogP contribution is 2.39. The summed E-state index contributed by atoms with van der Waals surface area (Å²) in [6.07, 6.45) is 3.86. The van der Waals surface area contributed by atoms with Crippen LogP contribution in [0.1, 0.15) is 59.4 Å². The first-order valence-corrected chi connectivity index (χ1v) is 12.1. The molecular formula is C21H36O2Si. The quantitative estimate of drug-likeness (QED) is 0.510. The Bertz CT molecular complexity index is 502. The Morgan fingerprint density at radius 3 is 2.21 bits per heavy atom. The molecule has 0 unspecified atom stereocenters. The van der Waals surface area contributed by atoms with Gasteiger partial charge in [0, 0.05) is 12.5 Å². The summed E-state index contributed by atoms with van der Waals surface area (Å²) in [4.78, 5) is 11.4. The van der Waals surface area contributed by atoms with Gasteiger partial charge in [0.25, 0.3) is 0 Å². The lowest BCUT2D eigenvalue weighted by molar-refractivity contribution is -0.117. The molecule has 0 amide bonds. The van der Waals surface area contributed by atoms with Crippen molar-refractivity contribution in [1.29, 1.82) is 0 Å². The van der Waals surface area contributed by atoms with Crippen LogP contribution in [-0.2, 0) is 15.6 Å². The molecule has 0 saturated carbocycles. The molecular weight excluding hydrogens is 312 g/mol. The van der Waals surface area contributed by atoms with Crippen molar-refractivity contribution in [3.8, 4) is 0 Å². The minimum atomic E-state index is -1.81. The van der Waals surface area contributed by atoms with Crippen molar-refractivity contribution in [2.45, 2.75) is 84.5 Å². The van der Waals surface area contributed by atoms with Crippen LogP contribution in [0.25, 0.3) is 0 Å². The Morgan fingerprint density at radius 1 is 1.12 bits per heavy atom. The number of carbonyl (C=O) groups is 1. The van der Waals surface area contributed by atoms with Gasteiger partial charge in [-0.2, -0.15) is 0 Å². The second kappa shape index (κ2) is 8.96. The Labute approximate surface area is 150 Å². The molecule has 0 radical (unpaired) electrons. The third-order valence-electron chi connectivity index (χ3n) is 5.40. The average molecular weight is 349 g/mol. The molecule has 0 aliphatic rings. The first-order chi connectivity index (χ1) is 11.0. The summed E-state index contributed by atoms with van der Waals surface area (Å²) in [6.45, 7) is 15.4. The lowest BCUT2D eigenvalue weighted by atomic mass is 9.93. The molecule has 136 valence electrons. The molecule has 1 rings (SSSR count). The molecule has 0 heterocycles. The molecule has 0 N–H and O–H groups in total. The second-order valence-electron chi connectivity index (χ2n) is 8.66. The van der Waals surface area contributed by atoms with Crippen LogP contribution in [0.15, 0.2) is 30.3 Å². The van der Waals surface area contributed by atoms with Crippen LogP contribution in [0.2, 0.25) is 18.1 Å². The van der Waals surface area contributed by atoms with Crippen LogP contribution in [0.3, 0.4) is 0 Å². The van der Waals surface area contributed by atoms with Gasteiger partial charge in [-0.15, -0.1) is 0 Å². The number of hydrogen-bond donors (Lipinski definition) is 0. The highest BCUT2D eigenvalue weighted by Gasteiger charge is 2.40. The van der Waals surface area contributed by atoms with Gasteiger partial charge < -0.3 is 9.22 Å². The fourth-order valence-electron chi connectivity index (χ4n) is 2.59. The topological polar surface area (TPSA) is 26.3 Å². The summed E-state index contributed by atoms with van der Waals surface area (Å²) in [7, 11) is -1.81. The summed E-state index contributed by atoms with van der Waals surface area (Å²) in [5.74, 6) is 0.683. The number of carbonyl (C=O) groups excluding carboxylic acids is 1. The Morgan fingerprint density at radius 2 is 1.71 bits per heavy atom. The van der Waals surface area contributed by atoms with Crippen LogP contribution < -0.4 is 0 Å². The largest absolute Gasteiger partial charge is 0.414 e. The normalized spacial score (nSPS) is 15.1. The van der Waals surface area contributed by atoms with Gasteiger partial charge in [-0.1, -0.05) is 58.0 Å². The maximum atomic E-state index is 11.4. The highest BCUT2D eigenvalue weighted by molar-refractivity contribution is 6.74. The van der Waals surface area contributed by atoms with E-state index >= 15 is 0 Å². The summed E-state index contributed by atoms with van der Waals surface area (Å²) in [5, 5.41) is 0.207. The average Bonchev–Trinajstić information content (AvgIpc) is 2.48. The van der Waals surface area contributed by atoms with E-state index in [2.05, 4.69) is 71.1 Å². The van der Waals surface area contributed by atoms with Crippen molar-refractivity contribution in [2.24, 2.45) is 5.92 Å². The zero-order valence-corrected chi connectivity index (χ0v) is 17.7. The molecule has 0 aliphatic carbocycles. The van der Waals surface area contributed by atoms with E-state index < -0.39 is 8.32 Å². The minimum absolute atomic E-state index is 0.207. The van der Waals surface area contributed by atoms with Crippen molar-refractivity contribution in [1.82, 2.24) is 0 Å². The Balaban J connectivity index is 2.80. The predicted molar refractivity (Wildman–Crippen MR) is 106 cm³/mol. The van der Waals surface area contributed by atoms with Gasteiger partial charge >= 0.3 is 0 Å². The third-order valence-corrected chi connectivity index (χ3v) is 9.90. The highest BCUT2D eigenvalue weighted by atomic mass is 28.4. The lowest BCUT2D eigenvalue weighted by Gasteiger charge is -2.41. The van der Waals surface area contributed by atoms with Crippen LogP contribution in [0.5, 0.6) is 0 Å². The van der Waals surface area contributed by atoms with Gasteiger partial charge in [0.05, 0.1) is 0 Å². The molecule has 24 heavy (non-hydrogen) atoms. The van der Waals surface area contributed by atoms with E-state index in [0.29, 0.717) is 12.3 Å². The summed E-state index contributed by atoms with van der Waals surface area (Å²) < 4.78 is 6.75. The Kier molecular flexibility index (Phi) is 7.88. The van der Waals surface area contributed by atoms with Crippen molar-refractivity contribution < 1.29 is 9.22 Å². The van der Waals surface area contributed by atoms with Gasteiger partial charge in [-0.05, 0) is 55.8 Å². The van der Waals surface area contributed by atoms with Gasteiger partial charge in [-0.3, -0.25) is 0 Å². The molecule has 0 aliphatic heterocycles. The second-order valence-corrected chi connectivity index (χ2v) is 13.4. The zero-order valence-electron chi connectivity index (χ0n) is 16.7. The number of Topliss-reactive ketones (excluding diaryl/α,β-unsaturated/α-hetero) is 1. The molecule has 1 aromatic carbocycles. The number of benzene rings is 1. The van der Waals surface area contributed by atoms with Crippen LogP contribution >= 0.6 is 0 Å². The first-order valence-electron chi connectivity index (χ1n) is 9.24. The van der Waals surface area contributed by atoms with E-state index in [4.69, 9.17) is 4.43 Å². The Hall–Kier alpha value is -0.933. The number of hydrogen-bond acceptors (Lipinski definition) is 2. The van der Waals surface area contributed by atoms with Crippen LogP contribution in [0, 0.1) is 5.92 Å². The van der Waals surface area contributed by atoms with Gasteiger partial charge in [0.2, 0.25) is 0 Å². The molecule has 0 saturated heterocycles. The maximum absolute atomic E-state index is 11.4. The maximum Gasteiger partial charge on any atom is 0.192 e. The number of ketones is 1. The fourth-order valence-corrected chi connectivity index (χ4v) is 4.05.